The Bertz CT molecular complexity index is 483. The molecular weight excluding hydrogens is 243 g/mol. The molecule has 0 fully saturated rings. The zero-order valence-corrected chi connectivity index (χ0v) is 9.91. The van der Waals surface area contributed by atoms with E-state index in [0.29, 0.717) is 15.6 Å². The summed E-state index contributed by atoms with van der Waals surface area (Å²) in [6.45, 7) is 0. The summed E-state index contributed by atoms with van der Waals surface area (Å²) in [5.41, 5.74) is 1.42. The molecule has 0 aliphatic heterocycles. The summed E-state index contributed by atoms with van der Waals surface area (Å²) in [5, 5.41) is 11.2. The summed E-state index contributed by atoms with van der Waals surface area (Å²) in [6.07, 6.45) is -0.743. The van der Waals surface area contributed by atoms with Crippen LogP contribution in [-0.4, -0.2) is 5.11 Å². The van der Waals surface area contributed by atoms with Crippen LogP contribution in [0, 0.1) is 0 Å². The van der Waals surface area contributed by atoms with Gasteiger partial charge in [0.2, 0.25) is 0 Å². The van der Waals surface area contributed by atoms with Gasteiger partial charge < -0.3 is 5.11 Å². The maximum Gasteiger partial charge on any atom is 0.106 e. The highest BCUT2D eigenvalue weighted by Crippen LogP contribution is 2.30. The third-order valence-corrected chi connectivity index (χ3v) is 2.95. The average Bonchev–Trinajstić information content (AvgIpc) is 2.32. The van der Waals surface area contributed by atoms with Gasteiger partial charge in [-0.25, -0.2) is 0 Å². The van der Waals surface area contributed by atoms with Crippen LogP contribution in [-0.2, 0) is 0 Å². The summed E-state index contributed by atoms with van der Waals surface area (Å²) in [4.78, 5) is 0. The lowest BCUT2D eigenvalue weighted by molar-refractivity contribution is 0.220. The van der Waals surface area contributed by atoms with E-state index < -0.39 is 6.10 Å². The zero-order valence-electron chi connectivity index (χ0n) is 8.40. The van der Waals surface area contributed by atoms with Crippen LogP contribution in [0.25, 0.3) is 0 Å². The van der Waals surface area contributed by atoms with Crippen molar-refractivity contribution in [3.05, 3.63) is 69.7 Å². The molecule has 0 saturated carbocycles. The number of hydrogen-bond acceptors (Lipinski definition) is 1. The van der Waals surface area contributed by atoms with Crippen LogP contribution in [0.15, 0.2) is 48.5 Å². The fourth-order valence-corrected chi connectivity index (χ4v) is 1.94. The molecule has 0 saturated heterocycles. The van der Waals surface area contributed by atoms with Crippen molar-refractivity contribution in [1.29, 1.82) is 0 Å². The van der Waals surface area contributed by atoms with E-state index in [1.807, 2.05) is 30.3 Å². The van der Waals surface area contributed by atoms with Gasteiger partial charge in [-0.3, -0.25) is 0 Å². The van der Waals surface area contributed by atoms with E-state index in [9.17, 15) is 5.11 Å². The predicted molar refractivity (Wildman–Crippen MR) is 67.0 cm³/mol. The number of hydrogen-bond donors (Lipinski definition) is 1. The minimum absolute atomic E-state index is 0.515. The number of rotatable bonds is 2. The Balaban J connectivity index is 2.41. The van der Waals surface area contributed by atoms with Crippen molar-refractivity contribution < 1.29 is 5.11 Å². The van der Waals surface area contributed by atoms with E-state index in [1.54, 1.807) is 18.2 Å². The standard InChI is InChI=1S/C13H10Cl2O/c14-10-6-7-12(15)11(8-10)13(16)9-4-2-1-3-5-9/h1-8,13,16H. The summed E-state index contributed by atoms with van der Waals surface area (Å²) < 4.78 is 0. The Morgan fingerprint density at radius 2 is 1.62 bits per heavy atom. The lowest BCUT2D eigenvalue weighted by Gasteiger charge is -2.13. The SMILES string of the molecule is OC(c1ccccc1)c1cc(Cl)ccc1Cl. The van der Waals surface area contributed by atoms with Crippen molar-refractivity contribution in [3.63, 3.8) is 0 Å². The topological polar surface area (TPSA) is 20.2 Å². The summed E-state index contributed by atoms with van der Waals surface area (Å²) in [7, 11) is 0. The number of halogens is 2. The quantitative estimate of drug-likeness (QED) is 0.855. The van der Waals surface area contributed by atoms with Gasteiger partial charge in [0, 0.05) is 15.6 Å². The molecule has 0 heterocycles. The summed E-state index contributed by atoms with van der Waals surface area (Å²) in [5.74, 6) is 0. The molecule has 0 aliphatic rings. The van der Waals surface area contributed by atoms with Crippen molar-refractivity contribution in [3.8, 4) is 0 Å². The second kappa shape index (κ2) is 4.88. The highest BCUT2D eigenvalue weighted by Gasteiger charge is 2.13. The van der Waals surface area contributed by atoms with Crippen molar-refractivity contribution in [2.24, 2.45) is 0 Å². The van der Waals surface area contributed by atoms with Crippen LogP contribution in [0.3, 0.4) is 0 Å². The minimum atomic E-state index is -0.743. The van der Waals surface area contributed by atoms with Crippen LogP contribution < -0.4 is 0 Å². The third kappa shape index (κ3) is 2.38. The maximum atomic E-state index is 10.2. The monoisotopic (exact) mass is 252 g/mol. The van der Waals surface area contributed by atoms with Crippen molar-refractivity contribution in [2.45, 2.75) is 6.10 Å². The lowest BCUT2D eigenvalue weighted by atomic mass is 10.0. The van der Waals surface area contributed by atoms with Gasteiger partial charge in [-0.15, -0.1) is 0 Å². The molecule has 0 radical (unpaired) electrons. The first-order valence-corrected chi connectivity index (χ1v) is 5.62. The van der Waals surface area contributed by atoms with Gasteiger partial charge in [-0.1, -0.05) is 53.5 Å². The Kier molecular flexibility index (Phi) is 3.49. The van der Waals surface area contributed by atoms with Gasteiger partial charge in [-0.05, 0) is 23.8 Å². The largest absolute Gasteiger partial charge is 0.384 e. The maximum absolute atomic E-state index is 10.2. The van der Waals surface area contributed by atoms with Gasteiger partial charge in [0.25, 0.3) is 0 Å². The normalized spacial score (nSPS) is 12.4. The Hall–Kier alpha value is -1.02. The molecule has 0 spiro atoms. The Labute approximate surface area is 104 Å². The van der Waals surface area contributed by atoms with E-state index in [2.05, 4.69) is 0 Å². The molecule has 1 N–H and O–H groups in total. The van der Waals surface area contributed by atoms with E-state index >= 15 is 0 Å². The number of aliphatic hydroxyl groups excluding tert-OH is 1. The van der Waals surface area contributed by atoms with Gasteiger partial charge in [0.15, 0.2) is 0 Å². The zero-order chi connectivity index (χ0) is 11.5. The van der Waals surface area contributed by atoms with Crippen LogP contribution in [0.2, 0.25) is 10.0 Å². The van der Waals surface area contributed by atoms with Gasteiger partial charge in [0.05, 0.1) is 0 Å². The van der Waals surface area contributed by atoms with E-state index in [4.69, 9.17) is 23.2 Å². The molecule has 1 atom stereocenters. The van der Waals surface area contributed by atoms with Crippen LogP contribution in [0.1, 0.15) is 17.2 Å². The molecule has 3 heteroatoms. The average molecular weight is 253 g/mol. The first-order chi connectivity index (χ1) is 7.68. The fraction of sp³-hybridized carbons (Fsp3) is 0.0769. The van der Waals surface area contributed by atoms with Crippen LogP contribution in [0.5, 0.6) is 0 Å². The number of aliphatic hydroxyl groups is 1. The molecule has 2 aromatic rings. The Morgan fingerprint density at radius 3 is 2.31 bits per heavy atom. The first kappa shape index (κ1) is 11.5. The second-order valence-corrected chi connectivity index (χ2v) is 4.32. The van der Waals surface area contributed by atoms with E-state index in [1.165, 1.54) is 0 Å². The summed E-state index contributed by atoms with van der Waals surface area (Å²) in [6, 6.07) is 14.4. The molecule has 0 bridgehead atoms. The van der Waals surface area contributed by atoms with Gasteiger partial charge >= 0.3 is 0 Å². The number of benzene rings is 2. The molecule has 0 amide bonds. The molecule has 1 unspecified atom stereocenters. The van der Waals surface area contributed by atoms with E-state index in [-0.39, 0.29) is 0 Å². The predicted octanol–water partition coefficient (Wildman–Crippen LogP) is 4.08. The fourth-order valence-electron chi connectivity index (χ4n) is 1.54. The molecular formula is C13H10Cl2O. The Morgan fingerprint density at radius 1 is 0.938 bits per heavy atom. The third-order valence-electron chi connectivity index (χ3n) is 2.37. The van der Waals surface area contributed by atoms with Crippen molar-refractivity contribution in [1.82, 2.24) is 0 Å². The second-order valence-electron chi connectivity index (χ2n) is 3.48. The smallest absolute Gasteiger partial charge is 0.106 e. The summed E-state index contributed by atoms with van der Waals surface area (Å²) >= 11 is 11.9. The molecule has 0 aliphatic carbocycles. The minimum Gasteiger partial charge on any atom is -0.384 e. The molecule has 1 nitrogen and oxygen atoms in total. The van der Waals surface area contributed by atoms with Gasteiger partial charge in [-0.2, -0.15) is 0 Å². The highest BCUT2D eigenvalue weighted by atomic mass is 35.5. The van der Waals surface area contributed by atoms with Crippen LogP contribution >= 0.6 is 23.2 Å². The highest BCUT2D eigenvalue weighted by molar-refractivity contribution is 6.33. The molecule has 2 aromatic carbocycles. The van der Waals surface area contributed by atoms with Gasteiger partial charge in [0.1, 0.15) is 6.10 Å². The molecule has 82 valence electrons. The van der Waals surface area contributed by atoms with Crippen molar-refractivity contribution in [2.75, 3.05) is 0 Å². The molecule has 0 aromatic heterocycles. The van der Waals surface area contributed by atoms with E-state index in [0.717, 1.165) is 5.56 Å². The van der Waals surface area contributed by atoms with Crippen LogP contribution in [0.4, 0.5) is 0 Å². The molecule has 16 heavy (non-hydrogen) atoms. The lowest BCUT2D eigenvalue weighted by Crippen LogP contribution is -2.00. The van der Waals surface area contributed by atoms with Crippen molar-refractivity contribution >= 4 is 23.2 Å². The molecule has 2 rings (SSSR count). The first-order valence-electron chi connectivity index (χ1n) is 4.86.